The summed E-state index contributed by atoms with van der Waals surface area (Å²) >= 11 is 0. The van der Waals surface area contributed by atoms with E-state index in [1.54, 1.807) is 0 Å². The molecule has 1 rings (SSSR count). The molecule has 0 amide bonds. The maximum atomic E-state index is 11.7. The minimum absolute atomic E-state index is 0.157. The number of carbonyl (C=O) groups is 1. The van der Waals surface area contributed by atoms with E-state index >= 15 is 0 Å². The Labute approximate surface area is 87.6 Å². The van der Waals surface area contributed by atoms with Crippen molar-refractivity contribution >= 4 is 5.78 Å². The molecule has 0 saturated heterocycles. The topological polar surface area (TPSA) is 17.1 Å². The van der Waals surface area contributed by atoms with Gasteiger partial charge in [0.05, 0.1) is 0 Å². The molecule has 0 aromatic rings. The number of Topliss-reactive ketones (excluding diaryl/α,β-unsaturated/α-hetero) is 1. The van der Waals surface area contributed by atoms with Crippen LogP contribution < -0.4 is 0 Å². The van der Waals surface area contributed by atoms with Gasteiger partial charge in [0.25, 0.3) is 0 Å². The molecule has 1 aliphatic rings. The Morgan fingerprint density at radius 2 is 2.29 bits per heavy atom. The number of hydrogen-bond donors (Lipinski definition) is 0. The summed E-state index contributed by atoms with van der Waals surface area (Å²) in [6, 6.07) is 0. The molecule has 0 aliphatic heterocycles. The van der Waals surface area contributed by atoms with E-state index in [4.69, 9.17) is 0 Å². The highest BCUT2D eigenvalue weighted by Gasteiger charge is 2.26. The summed E-state index contributed by atoms with van der Waals surface area (Å²) in [7, 11) is 0. The van der Waals surface area contributed by atoms with Crippen LogP contribution in [0.4, 0.5) is 0 Å². The average Bonchev–Trinajstić information content (AvgIpc) is 2.36. The van der Waals surface area contributed by atoms with Crippen LogP contribution in [0.25, 0.3) is 0 Å². The van der Waals surface area contributed by atoms with Crippen LogP contribution in [0.15, 0.2) is 12.7 Å². The van der Waals surface area contributed by atoms with Gasteiger partial charge in [0.2, 0.25) is 0 Å². The largest absolute Gasteiger partial charge is 0.299 e. The van der Waals surface area contributed by atoms with E-state index in [0.717, 1.165) is 12.8 Å². The van der Waals surface area contributed by atoms with E-state index < -0.39 is 0 Å². The van der Waals surface area contributed by atoms with Gasteiger partial charge in [0, 0.05) is 12.3 Å². The summed E-state index contributed by atoms with van der Waals surface area (Å²) in [6.45, 7) is 6.02. The number of unbranched alkanes of at least 4 members (excludes halogenated alkanes) is 1. The van der Waals surface area contributed by atoms with Crippen LogP contribution in [-0.4, -0.2) is 5.78 Å². The zero-order valence-corrected chi connectivity index (χ0v) is 9.30. The Morgan fingerprint density at radius 1 is 1.50 bits per heavy atom. The van der Waals surface area contributed by atoms with Crippen LogP contribution in [0.2, 0.25) is 0 Å². The smallest absolute Gasteiger partial charge is 0.139 e. The summed E-state index contributed by atoms with van der Waals surface area (Å²) in [5.74, 6) is 1.17. The first-order valence-corrected chi connectivity index (χ1v) is 5.94. The standard InChI is InChI=1S/C13H22O/c1-3-5-8-11-9-6-7-10-13(14)12(11)4-2/h4,11-12H,2-3,5-10H2,1H3/t11-,12+/m1/s1. The van der Waals surface area contributed by atoms with Gasteiger partial charge in [-0.2, -0.15) is 0 Å². The van der Waals surface area contributed by atoms with Crippen molar-refractivity contribution < 1.29 is 4.79 Å². The van der Waals surface area contributed by atoms with Crippen molar-refractivity contribution in [1.82, 2.24) is 0 Å². The zero-order valence-electron chi connectivity index (χ0n) is 9.30. The molecule has 0 heterocycles. The third-order valence-electron chi connectivity index (χ3n) is 3.31. The minimum atomic E-state index is 0.157. The van der Waals surface area contributed by atoms with Crippen LogP contribution in [0.1, 0.15) is 51.9 Å². The molecule has 2 atom stereocenters. The molecule has 0 spiro atoms. The predicted molar refractivity (Wildman–Crippen MR) is 60.2 cm³/mol. The molecule has 80 valence electrons. The molecule has 0 aromatic heterocycles. The van der Waals surface area contributed by atoms with E-state index in [0.29, 0.717) is 11.7 Å². The number of hydrogen-bond acceptors (Lipinski definition) is 1. The lowest BCUT2D eigenvalue weighted by molar-refractivity contribution is -0.122. The second-order valence-corrected chi connectivity index (χ2v) is 4.38. The van der Waals surface area contributed by atoms with Gasteiger partial charge in [-0.25, -0.2) is 0 Å². The maximum absolute atomic E-state index is 11.7. The molecule has 1 saturated carbocycles. The Morgan fingerprint density at radius 3 is 2.93 bits per heavy atom. The molecular formula is C13H22O. The molecule has 0 aromatic carbocycles. The van der Waals surface area contributed by atoms with Crippen molar-refractivity contribution in [2.45, 2.75) is 51.9 Å². The molecule has 14 heavy (non-hydrogen) atoms. The molecular weight excluding hydrogens is 172 g/mol. The van der Waals surface area contributed by atoms with Crippen LogP contribution in [0.3, 0.4) is 0 Å². The lowest BCUT2D eigenvalue weighted by Gasteiger charge is -2.20. The van der Waals surface area contributed by atoms with Crippen molar-refractivity contribution in [1.29, 1.82) is 0 Å². The number of carbonyl (C=O) groups excluding carboxylic acids is 1. The maximum Gasteiger partial charge on any atom is 0.139 e. The minimum Gasteiger partial charge on any atom is -0.299 e. The first kappa shape index (κ1) is 11.5. The van der Waals surface area contributed by atoms with Crippen LogP contribution in [-0.2, 0) is 4.79 Å². The monoisotopic (exact) mass is 194 g/mol. The second kappa shape index (κ2) is 6.00. The third kappa shape index (κ3) is 2.97. The first-order chi connectivity index (χ1) is 6.79. The van der Waals surface area contributed by atoms with Crippen molar-refractivity contribution in [2.75, 3.05) is 0 Å². The lowest BCUT2D eigenvalue weighted by atomic mass is 9.84. The van der Waals surface area contributed by atoms with Gasteiger partial charge < -0.3 is 0 Å². The van der Waals surface area contributed by atoms with Crippen molar-refractivity contribution in [2.24, 2.45) is 11.8 Å². The summed E-state index contributed by atoms with van der Waals surface area (Å²) in [6.07, 6.45) is 9.89. The highest BCUT2D eigenvalue weighted by molar-refractivity contribution is 5.83. The first-order valence-electron chi connectivity index (χ1n) is 5.94. The van der Waals surface area contributed by atoms with E-state index in [9.17, 15) is 4.79 Å². The van der Waals surface area contributed by atoms with Gasteiger partial charge in [-0.15, -0.1) is 6.58 Å². The Balaban J connectivity index is 2.57. The van der Waals surface area contributed by atoms with E-state index in [1.807, 2.05) is 6.08 Å². The zero-order chi connectivity index (χ0) is 10.4. The molecule has 0 unspecified atom stereocenters. The fourth-order valence-electron chi connectivity index (χ4n) is 2.43. The normalized spacial score (nSPS) is 28.5. The molecule has 1 heteroatoms. The van der Waals surface area contributed by atoms with Gasteiger partial charge in [-0.1, -0.05) is 32.3 Å². The number of rotatable bonds is 4. The highest BCUT2D eigenvalue weighted by atomic mass is 16.1. The molecule has 0 bridgehead atoms. The van der Waals surface area contributed by atoms with Gasteiger partial charge in [-0.05, 0) is 25.2 Å². The van der Waals surface area contributed by atoms with Crippen LogP contribution >= 0.6 is 0 Å². The third-order valence-corrected chi connectivity index (χ3v) is 3.31. The Bertz CT molecular complexity index is 195. The van der Waals surface area contributed by atoms with E-state index in [2.05, 4.69) is 13.5 Å². The van der Waals surface area contributed by atoms with Gasteiger partial charge in [0.15, 0.2) is 0 Å². The Kier molecular flexibility index (Phi) is 4.92. The predicted octanol–water partition coefficient (Wildman–Crippen LogP) is 3.74. The molecule has 1 nitrogen and oxygen atoms in total. The molecule has 1 aliphatic carbocycles. The lowest BCUT2D eigenvalue weighted by Crippen LogP contribution is -2.19. The summed E-state index contributed by atoms with van der Waals surface area (Å²) < 4.78 is 0. The van der Waals surface area contributed by atoms with E-state index in [1.165, 1.54) is 32.1 Å². The van der Waals surface area contributed by atoms with Crippen molar-refractivity contribution in [3.63, 3.8) is 0 Å². The van der Waals surface area contributed by atoms with Crippen molar-refractivity contribution in [3.8, 4) is 0 Å². The fraction of sp³-hybridized carbons (Fsp3) is 0.769. The molecule has 0 N–H and O–H groups in total. The second-order valence-electron chi connectivity index (χ2n) is 4.38. The molecule has 0 radical (unpaired) electrons. The summed E-state index contributed by atoms with van der Waals surface area (Å²) in [5.41, 5.74) is 0. The fourth-order valence-corrected chi connectivity index (χ4v) is 2.43. The number of ketones is 1. The quantitative estimate of drug-likeness (QED) is 0.492. The van der Waals surface area contributed by atoms with Gasteiger partial charge in [0.1, 0.15) is 5.78 Å². The van der Waals surface area contributed by atoms with Gasteiger partial charge in [-0.3, -0.25) is 4.79 Å². The average molecular weight is 194 g/mol. The highest BCUT2D eigenvalue weighted by Crippen LogP contribution is 2.30. The van der Waals surface area contributed by atoms with Crippen molar-refractivity contribution in [3.05, 3.63) is 12.7 Å². The summed E-state index contributed by atoms with van der Waals surface area (Å²) in [4.78, 5) is 11.7. The van der Waals surface area contributed by atoms with Crippen LogP contribution in [0.5, 0.6) is 0 Å². The van der Waals surface area contributed by atoms with Crippen LogP contribution in [0, 0.1) is 11.8 Å². The molecule has 1 fully saturated rings. The summed E-state index contributed by atoms with van der Waals surface area (Å²) in [5, 5.41) is 0. The van der Waals surface area contributed by atoms with Gasteiger partial charge >= 0.3 is 0 Å². The number of allylic oxidation sites excluding steroid dienone is 1. The Hall–Kier alpha value is -0.590. The SMILES string of the molecule is C=C[C@@H]1C(=O)CCCC[C@H]1CCCC. The van der Waals surface area contributed by atoms with E-state index in [-0.39, 0.29) is 5.92 Å².